The number of carbonyl (C=O) groups excluding carboxylic acids is 1. The minimum atomic E-state index is -3.57. The summed E-state index contributed by atoms with van der Waals surface area (Å²) in [6.07, 6.45) is 3.68. The summed E-state index contributed by atoms with van der Waals surface area (Å²) in [6.45, 7) is 1.93. The minimum absolute atomic E-state index is 0.0158. The Labute approximate surface area is 166 Å². The molecular weight excluding hydrogens is 376 g/mol. The number of aryl methyl sites for hydroxylation is 1. The molecule has 0 radical (unpaired) electrons. The number of hydrogen-bond donors (Lipinski definition) is 2. The average Bonchev–Trinajstić information content (AvgIpc) is 2.69. The number of benzene rings is 2. The second-order valence-electron chi connectivity index (χ2n) is 7.15. The van der Waals surface area contributed by atoms with Crippen LogP contribution in [-0.2, 0) is 14.8 Å². The first kappa shape index (κ1) is 20.4. The number of anilines is 1. The number of sulfonamides is 1. The van der Waals surface area contributed by atoms with Gasteiger partial charge in [-0.3, -0.25) is 0 Å². The van der Waals surface area contributed by atoms with Crippen LogP contribution in [0.25, 0.3) is 0 Å². The normalized spacial score (nSPS) is 19.8. The third-order valence-corrected chi connectivity index (χ3v) is 6.57. The lowest BCUT2D eigenvalue weighted by atomic mass is 9.91. The van der Waals surface area contributed by atoms with Crippen LogP contribution >= 0.6 is 0 Å². The van der Waals surface area contributed by atoms with E-state index in [1.165, 1.54) is 7.11 Å². The summed E-state index contributed by atoms with van der Waals surface area (Å²) in [5.41, 5.74) is 2.35. The van der Waals surface area contributed by atoms with E-state index in [4.69, 9.17) is 4.74 Å². The molecule has 0 aliphatic heterocycles. The topological polar surface area (TPSA) is 84.5 Å². The van der Waals surface area contributed by atoms with Crippen molar-refractivity contribution < 1.29 is 17.9 Å². The number of esters is 1. The van der Waals surface area contributed by atoms with Crippen molar-refractivity contribution in [3.05, 3.63) is 59.7 Å². The summed E-state index contributed by atoms with van der Waals surface area (Å²) in [6, 6.07) is 13.7. The molecule has 28 heavy (non-hydrogen) atoms. The van der Waals surface area contributed by atoms with Gasteiger partial charge in [-0.15, -0.1) is 0 Å². The smallest absolute Gasteiger partial charge is 0.337 e. The van der Waals surface area contributed by atoms with E-state index in [0.717, 1.165) is 36.9 Å². The standard InChI is InChI=1S/C21H26N2O4S/c1-15-7-13-18(14-8-15)28(25,26)23-20-6-4-3-5-19(20)22-17-11-9-16(10-12-17)21(24)27-2/h7-14,19-20,22-23H,3-6H2,1-2H3. The molecule has 6 nitrogen and oxygen atoms in total. The summed E-state index contributed by atoms with van der Waals surface area (Å²) in [4.78, 5) is 11.8. The molecule has 0 aromatic heterocycles. The SMILES string of the molecule is COC(=O)c1ccc(NC2CCCCC2NS(=O)(=O)c2ccc(C)cc2)cc1. The maximum atomic E-state index is 12.8. The second-order valence-corrected chi connectivity index (χ2v) is 8.86. The third kappa shape index (κ3) is 4.91. The quantitative estimate of drug-likeness (QED) is 0.723. The van der Waals surface area contributed by atoms with Crippen molar-refractivity contribution >= 4 is 21.7 Å². The molecule has 0 heterocycles. The van der Waals surface area contributed by atoms with Crippen molar-refractivity contribution in [1.29, 1.82) is 0 Å². The average molecular weight is 403 g/mol. The highest BCUT2D eigenvalue weighted by molar-refractivity contribution is 7.89. The predicted octanol–water partition coefficient (Wildman–Crippen LogP) is 3.48. The van der Waals surface area contributed by atoms with Crippen molar-refractivity contribution in [2.45, 2.75) is 49.6 Å². The summed E-state index contributed by atoms with van der Waals surface area (Å²) >= 11 is 0. The molecule has 0 amide bonds. The molecular formula is C21H26N2O4S. The fourth-order valence-corrected chi connectivity index (χ4v) is 4.78. The Morgan fingerprint density at radius 2 is 1.57 bits per heavy atom. The van der Waals surface area contributed by atoms with E-state index in [9.17, 15) is 13.2 Å². The molecule has 2 atom stereocenters. The van der Waals surface area contributed by atoms with Gasteiger partial charge in [-0.05, 0) is 56.2 Å². The van der Waals surface area contributed by atoms with Crippen LogP contribution in [-0.4, -0.2) is 33.6 Å². The lowest BCUT2D eigenvalue weighted by molar-refractivity contribution is 0.0600. The highest BCUT2D eigenvalue weighted by atomic mass is 32.2. The van der Waals surface area contributed by atoms with E-state index in [2.05, 4.69) is 10.0 Å². The Balaban J connectivity index is 1.71. The van der Waals surface area contributed by atoms with E-state index in [-0.39, 0.29) is 22.9 Å². The molecule has 1 saturated carbocycles. The zero-order valence-electron chi connectivity index (χ0n) is 16.1. The van der Waals surface area contributed by atoms with Crippen LogP contribution in [0.5, 0.6) is 0 Å². The minimum Gasteiger partial charge on any atom is -0.465 e. The maximum Gasteiger partial charge on any atom is 0.337 e. The number of carbonyl (C=O) groups is 1. The van der Waals surface area contributed by atoms with Crippen molar-refractivity contribution in [3.8, 4) is 0 Å². The van der Waals surface area contributed by atoms with E-state index >= 15 is 0 Å². The van der Waals surface area contributed by atoms with E-state index in [1.807, 2.05) is 19.1 Å². The first-order valence-electron chi connectivity index (χ1n) is 9.43. The fraction of sp³-hybridized carbons (Fsp3) is 0.381. The molecule has 2 aromatic carbocycles. The molecule has 0 spiro atoms. The summed E-state index contributed by atoms with van der Waals surface area (Å²) in [5, 5.41) is 3.42. The van der Waals surface area contributed by atoms with Crippen molar-refractivity contribution in [1.82, 2.24) is 4.72 Å². The van der Waals surface area contributed by atoms with Gasteiger partial charge in [-0.1, -0.05) is 30.5 Å². The molecule has 1 fully saturated rings. The zero-order chi connectivity index (χ0) is 20.1. The molecule has 3 rings (SSSR count). The van der Waals surface area contributed by atoms with Crippen LogP contribution in [0.3, 0.4) is 0 Å². The van der Waals surface area contributed by atoms with Crippen LogP contribution < -0.4 is 10.0 Å². The highest BCUT2D eigenvalue weighted by Gasteiger charge is 2.29. The van der Waals surface area contributed by atoms with Gasteiger partial charge >= 0.3 is 5.97 Å². The highest BCUT2D eigenvalue weighted by Crippen LogP contribution is 2.24. The van der Waals surface area contributed by atoms with E-state index in [0.29, 0.717) is 5.56 Å². The molecule has 150 valence electrons. The first-order chi connectivity index (χ1) is 13.4. The Bertz CT molecular complexity index is 908. The monoisotopic (exact) mass is 402 g/mol. The van der Waals surface area contributed by atoms with Gasteiger partial charge in [0.05, 0.1) is 17.6 Å². The van der Waals surface area contributed by atoms with Gasteiger partial charge < -0.3 is 10.1 Å². The zero-order valence-corrected chi connectivity index (χ0v) is 17.0. The van der Waals surface area contributed by atoms with Crippen LogP contribution in [0.15, 0.2) is 53.4 Å². The van der Waals surface area contributed by atoms with Crippen LogP contribution in [0.4, 0.5) is 5.69 Å². The fourth-order valence-electron chi connectivity index (χ4n) is 3.46. The molecule has 2 unspecified atom stereocenters. The molecule has 2 aromatic rings. The van der Waals surface area contributed by atoms with Crippen LogP contribution in [0, 0.1) is 6.92 Å². The van der Waals surface area contributed by atoms with E-state index in [1.54, 1.807) is 36.4 Å². The van der Waals surface area contributed by atoms with Gasteiger partial charge in [0.25, 0.3) is 0 Å². The Morgan fingerprint density at radius 1 is 0.964 bits per heavy atom. The van der Waals surface area contributed by atoms with Crippen molar-refractivity contribution in [2.24, 2.45) is 0 Å². The van der Waals surface area contributed by atoms with Gasteiger partial charge in [0.15, 0.2) is 0 Å². The Hall–Kier alpha value is -2.38. The number of methoxy groups -OCH3 is 1. The third-order valence-electron chi connectivity index (χ3n) is 5.06. The van der Waals surface area contributed by atoms with Gasteiger partial charge in [0, 0.05) is 17.8 Å². The Morgan fingerprint density at radius 3 is 2.18 bits per heavy atom. The molecule has 0 saturated heterocycles. The predicted molar refractivity (Wildman–Crippen MR) is 109 cm³/mol. The molecule has 2 N–H and O–H groups in total. The lowest BCUT2D eigenvalue weighted by Gasteiger charge is -2.33. The number of rotatable bonds is 6. The van der Waals surface area contributed by atoms with Crippen molar-refractivity contribution in [3.63, 3.8) is 0 Å². The molecule has 7 heteroatoms. The summed E-state index contributed by atoms with van der Waals surface area (Å²) in [5.74, 6) is -0.382. The Kier molecular flexibility index (Phi) is 6.36. The van der Waals surface area contributed by atoms with Crippen LogP contribution in [0.1, 0.15) is 41.6 Å². The van der Waals surface area contributed by atoms with Crippen molar-refractivity contribution in [2.75, 3.05) is 12.4 Å². The number of hydrogen-bond acceptors (Lipinski definition) is 5. The van der Waals surface area contributed by atoms with Gasteiger partial charge in [-0.25, -0.2) is 17.9 Å². The summed E-state index contributed by atoms with van der Waals surface area (Å²) in [7, 11) is -2.23. The number of nitrogens with one attached hydrogen (secondary N) is 2. The first-order valence-corrected chi connectivity index (χ1v) is 10.9. The van der Waals surface area contributed by atoms with Gasteiger partial charge in [0.1, 0.15) is 0 Å². The largest absolute Gasteiger partial charge is 0.465 e. The molecule has 1 aliphatic carbocycles. The molecule has 1 aliphatic rings. The van der Waals surface area contributed by atoms with Gasteiger partial charge in [0.2, 0.25) is 10.0 Å². The maximum absolute atomic E-state index is 12.8. The lowest BCUT2D eigenvalue weighted by Crippen LogP contribution is -2.48. The molecule has 0 bridgehead atoms. The van der Waals surface area contributed by atoms with Gasteiger partial charge in [-0.2, -0.15) is 0 Å². The summed E-state index contributed by atoms with van der Waals surface area (Å²) < 4.78 is 33.1. The van der Waals surface area contributed by atoms with E-state index < -0.39 is 10.0 Å². The van der Waals surface area contributed by atoms with Crippen LogP contribution in [0.2, 0.25) is 0 Å². The number of ether oxygens (including phenoxy) is 1. The second kappa shape index (κ2) is 8.75.